The summed E-state index contributed by atoms with van der Waals surface area (Å²) in [4.78, 5) is 38.1. The molecule has 0 aromatic heterocycles. The summed E-state index contributed by atoms with van der Waals surface area (Å²) in [6.45, 7) is 6.49. The lowest BCUT2D eigenvalue weighted by Gasteiger charge is -2.45. The Kier molecular flexibility index (Phi) is 16.6. The van der Waals surface area contributed by atoms with Gasteiger partial charge in [-0.05, 0) is 12.8 Å². The smallest absolute Gasteiger partial charge is 0.309 e. The Morgan fingerprint density at radius 2 is 1.47 bits per heavy atom. The number of aliphatic hydroxyl groups excluding tert-OH is 5. The predicted octanol–water partition coefficient (Wildman–Crippen LogP) is 1.10. The molecule has 2 aliphatic heterocycles. The molecule has 2 fully saturated rings. The molecule has 0 spiro atoms. The molecule has 262 valence electrons. The zero-order valence-electron chi connectivity index (χ0n) is 27.2. The van der Waals surface area contributed by atoms with E-state index in [1.54, 1.807) is 27.7 Å². The van der Waals surface area contributed by atoms with Crippen LogP contribution in [0.25, 0.3) is 0 Å². The minimum Gasteiger partial charge on any atom is -0.463 e. The van der Waals surface area contributed by atoms with Crippen molar-refractivity contribution in [2.24, 2.45) is 11.8 Å². The molecule has 10 atom stereocenters. The molecule has 0 amide bonds. The molecule has 5 N–H and O–H groups in total. The SMILES string of the molecule is CCCCCCCCCC(=O)O[C@H]1[C@@H](OC2(CO)O[C@H](CO)[C@@H](O)[C@@H]2O)O[C@H](COC(=O)C(C)C)[C@@H](OC(=O)C(C)CC)[C@@H]1O. The maximum absolute atomic E-state index is 13.0. The van der Waals surface area contributed by atoms with E-state index in [1.807, 2.05) is 0 Å². The third kappa shape index (κ3) is 10.8. The Morgan fingerprint density at radius 3 is 2.02 bits per heavy atom. The number of aliphatic hydroxyl groups is 5. The molecule has 2 rings (SSSR count). The van der Waals surface area contributed by atoms with E-state index in [9.17, 15) is 39.9 Å². The summed E-state index contributed by atoms with van der Waals surface area (Å²) in [6.07, 6.45) is -5.80. The molecule has 0 radical (unpaired) electrons. The van der Waals surface area contributed by atoms with Gasteiger partial charge in [-0.15, -0.1) is 0 Å². The van der Waals surface area contributed by atoms with Gasteiger partial charge in [-0.25, -0.2) is 0 Å². The van der Waals surface area contributed by atoms with E-state index in [2.05, 4.69) is 6.92 Å². The van der Waals surface area contributed by atoms with E-state index in [-0.39, 0.29) is 6.42 Å². The summed E-state index contributed by atoms with van der Waals surface area (Å²) in [5.41, 5.74) is 0. The van der Waals surface area contributed by atoms with Crippen molar-refractivity contribution in [2.45, 2.75) is 147 Å². The van der Waals surface area contributed by atoms with Crippen LogP contribution in [0.3, 0.4) is 0 Å². The molecule has 0 bridgehead atoms. The van der Waals surface area contributed by atoms with Crippen LogP contribution < -0.4 is 0 Å². The monoisotopic (exact) mass is 650 g/mol. The van der Waals surface area contributed by atoms with Crippen LogP contribution in [0.2, 0.25) is 0 Å². The van der Waals surface area contributed by atoms with Crippen molar-refractivity contribution in [3.05, 3.63) is 0 Å². The molecule has 0 aromatic carbocycles. The van der Waals surface area contributed by atoms with Crippen molar-refractivity contribution in [3.63, 3.8) is 0 Å². The number of rotatable bonds is 19. The van der Waals surface area contributed by atoms with Gasteiger partial charge in [0.15, 0.2) is 12.2 Å². The first kappa shape index (κ1) is 39.3. The van der Waals surface area contributed by atoms with Gasteiger partial charge in [-0.2, -0.15) is 0 Å². The van der Waals surface area contributed by atoms with Crippen LogP contribution in [-0.2, 0) is 42.8 Å². The molecule has 2 saturated heterocycles. The van der Waals surface area contributed by atoms with Crippen molar-refractivity contribution < 1.29 is 68.3 Å². The van der Waals surface area contributed by atoms with Crippen LogP contribution in [0.15, 0.2) is 0 Å². The second-order valence-corrected chi connectivity index (χ2v) is 12.2. The maximum atomic E-state index is 13.0. The fourth-order valence-corrected chi connectivity index (χ4v) is 5.05. The van der Waals surface area contributed by atoms with Crippen molar-refractivity contribution in [1.29, 1.82) is 0 Å². The molecule has 45 heavy (non-hydrogen) atoms. The predicted molar refractivity (Wildman–Crippen MR) is 157 cm³/mol. The third-order valence-electron chi connectivity index (χ3n) is 8.22. The van der Waals surface area contributed by atoms with Crippen LogP contribution >= 0.6 is 0 Å². The average Bonchev–Trinajstić information content (AvgIpc) is 3.26. The van der Waals surface area contributed by atoms with E-state index < -0.39 is 104 Å². The number of unbranched alkanes of at least 4 members (excludes halogenated alkanes) is 6. The van der Waals surface area contributed by atoms with Crippen LogP contribution in [-0.4, -0.2) is 118 Å². The largest absolute Gasteiger partial charge is 0.463 e. The summed E-state index contributed by atoms with van der Waals surface area (Å²) in [5.74, 6) is -5.41. The normalized spacial score (nSPS) is 32.3. The van der Waals surface area contributed by atoms with E-state index in [0.717, 1.165) is 38.5 Å². The number of carbonyl (C=O) groups excluding carboxylic acids is 3. The number of ether oxygens (including phenoxy) is 6. The molecular formula is C31H54O14. The molecule has 0 aliphatic carbocycles. The number of esters is 3. The van der Waals surface area contributed by atoms with Crippen molar-refractivity contribution in [1.82, 2.24) is 0 Å². The molecular weight excluding hydrogens is 596 g/mol. The Bertz CT molecular complexity index is 915. The maximum Gasteiger partial charge on any atom is 0.309 e. The molecule has 0 saturated carbocycles. The zero-order chi connectivity index (χ0) is 33.7. The van der Waals surface area contributed by atoms with Gasteiger partial charge in [-0.3, -0.25) is 14.4 Å². The minimum atomic E-state index is -2.36. The van der Waals surface area contributed by atoms with Crippen LogP contribution in [0.4, 0.5) is 0 Å². The first-order chi connectivity index (χ1) is 21.3. The standard InChI is InChI=1S/C31H54O14/c1-6-8-9-10-11-12-13-14-22(34)42-26-24(36)25(43-29(39)19(5)7-2)21(16-40-28(38)18(3)4)41-30(26)45-31(17-33)27(37)23(35)20(15-32)44-31/h18-21,23-27,30,32-33,35-37H,6-17H2,1-5H3/t19?,20-,21-,23-,24+,25-,26-,27+,30-,31?/m1/s1. The van der Waals surface area contributed by atoms with Crippen molar-refractivity contribution in [2.75, 3.05) is 19.8 Å². The van der Waals surface area contributed by atoms with Gasteiger partial charge in [0, 0.05) is 6.42 Å². The number of carbonyl (C=O) groups is 3. The molecule has 14 nitrogen and oxygen atoms in total. The lowest BCUT2D eigenvalue weighted by molar-refractivity contribution is -0.384. The minimum absolute atomic E-state index is 0.00599. The second-order valence-electron chi connectivity index (χ2n) is 12.2. The van der Waals surface area contributed by atoms with E-state index >= 15 is 0 Å². The van der Waals surface area contributed by atoms with Crippen LogP contribution in [0.5, 0.6) is 0 Å². The van der Waals surface area contributed by atoms with Gasteiger partial charge >= 0.3 is 17.9 Å². The molecule has 14 heteroatoms. The summed E-state index contributed by atoms with van der Waals surface area (Å²) < 4.78 is 33.9. The summed E-state index contributed by atoms with van der Waals surface area (Å²) in [5, 5.41) is 52.4. The highest BCUT2D eigenvalue weighted by Crippen LogP contribution is 2.37. The highest BCUT2D eigenvalue weighted by atomic mass is 16.8. The fraction of sp³-hybridized carbons (Fsp3) is 0.903. The van der Waals surface area contributed by atoms with E-state index in [0.29, 0.717) is 12.8 Å². The molecule has 2 unspecified atom stereocenters. The summed E-state index contributed by atoms with van der Waals surface area (Å²) in [7, 11) is 0. The second kappa shape index (κ2) is 19.0. The Labute approximate surface area is 265 Å². The van der Waals surface area contributed by atoms with Gasteiger partial charge in [-0.1, -0.05) is 73.1 Å². The van der Waals surface area contributed by atoms with Crippen molar-refractivity contribution >= 4 is 17.9 Å². The van der Waals surface area contributed by atoms with Gasteiger partial charge in [0.25, 0.3) is 0 Å². The van der Waals surface area contributed by atoms with Crippen LogP contribution in [0.1, 0.15) is 92.4 Å². The highest BCUT2D eigenvalue weighted by molar-refractivity contribution is 5.72. The fourth-order valence-electron chi connectivity index (χ4n) is 5.05. The topological polar surface area (TPSA) is 208 Å². The van der Waals surface area contributed by atoms with Gasteiger partial charge < -0.3 is 54.0 Å². The van der Waals surface area contributed by atoms with E-state index in [4.69, 9.17) is 28.4 Å². The zero-order valence-corrected chi connectivity index (χ0v) is 27.2. The van der Waals surface area contributed by atoms with Crippen molar-refractivity contribution in [3.8, 4) is 0 Å². The van der Waals surface area contributed by atoms with Gasteiger partial charge in [0.05, 0.1) is 18.4 Å². The van der Waals surface area contributed by atoms with Crippen LogP contribution in [0, 0.1) is 11.8 Å². The molecule has 0 aromatic rings. The molecule has 2 aliphatic rings. The highest BCUT2D eigenvalue weighted by Gasteiger charge is 2.59. The van der Waals surface area contributed by atoms with Gasteiger partial charge in [0.1, 0.15) is 43.7 Å². The Morgan fingerprint density at radius 1 is 0.822 bits per heavy atom. The first-order valence-corrected chi connectivity index (χ1v) is 16.2. The van der Waals surface area contributed by atoms with Gasteiger partial charge in [0.2, 0.25) is 12.1 Å². The summed E-state index contributed by atoms with van der Waals surface area (Å²) >= 11 is 0. The average molecular weight is 651 g/mol. The molecule has 2 heterocycles. The Balaban J connectivity index is 2.35. The lowest BCUT2D eigenvalue weighted by atomic mass is 9.97. The number of hydrogen-bond acceptors (Lipinski definition) is 14. The third-order valence-corrected chi connectivity index (χ3v) is 8.22. The first-order valence-electron chi connectivity index (χ1n) is 16.2. The summed E-state index contributed by atoms with van der Waals surface area (Å²) in [6, 6.07) is 0. The van der Waals surface area contributed by atoms with E-state index in [1.165, 1.54) is 0 Å². The lowest BCUT2D eigenvalue weighted by Crippen LogP contribution is -2.64. The Hall–Kier alpha value is -1.91. The quantitative estimate of drug-likeness (QED) is 0.0754. The number of hydrogen-bond donors (Lipinski definition) is 5.